The first-order valence-electron chi connectivity index (χ1n) is 6.85. The summed E-state index contributed by atoms with van der Waals surface area (Å²) < 4.78 is 13.7. The van der Waals surface area contributed by atoms with Gasteiger partial charge in [0.15, 0.2) is 11.6 Å². The summed E-state index contributed by atoms with van der Waals surface area (Å²) in [7, 11) is 0. The molecule has 3 rings (SSSR count). The average Bonchev–Trinajstić information content (AvgIpc) is 2.58. The van der Waals surface area contributed by atoms with E-state index in [0.717, 1.165) is 6.07 Å². The molecule has 0 aliphatic carbocycles. The summed E-state index contributed by atoms with van der Waals surface area (Å²) >= 11 is 5.85. The fourth-order valence-electron chi connectivity index (χ4n) is 2.11. The van der Waals surface area contributed by atoms with Crippen LogP contribution >= 0.6 is 11.6 Å². The lowest BCUT2D eigenvalue weighted by atomic mass is 10.1. The Bertz CT molecular complexity index is 938. The highest BCUT2D eigenvalue weighted by Gasteiger charge is 2.13. The van der Waals surface area contributed by atoms with E-state index in [1.165, 1.54) is 18.5 Å². The molecular weight excluding hydrogens is 331 g/mol. The highest BCUT2D eigenvalue weighted by atomic mass is 35.5. The van der Waals surface area contributed by atoms with E-state index in [4.69, 9.17) is 16.9 Å². The van der Waals surface area contributed by atoms with E-state index in [1.54, 1.807) is 30.3 Å². The Labute approximate surface area is 142 Å². The molecule has 0 aliphatic rings. The highest BCUT2D eigenvalue weighted by molar-refractivity contribution is 6.30. The molecule has 0 atom stereocenters. The van der Waals surface area contributed by atoms with E-state index in [2.05, 4.69) is 15.3 Å². The topological polar surface area (TPSA) is 81.8 Å². The molecule has 0 saturated heterocycles. The van der Waals surface area contributed by atoms with Crippen LogP contribution in [0.5, 0.6) is 5.75 Å². The maximum absolute atomic E-state index is 13.7. The van der Waals surface area contributed by atoms with Gasteiger partial charge in [0, 0.05) is 16.3 Å². The Hall–Kier alpha value is -3.17. The molecule has 1 heterocycles. The van der Waals surface area contributed by atoms with Crippen LogP contribution in [0.15, 0.2) is 48.8 Å². The molecule has 3 aromatic rings. The summed E-state index contributed by atoms with van der Waals surface area (Å²) in [6.07, 6.45) is 1.28. The lowest BCUT2D eigenvalue weighted by molar-refractivity contribution is 0.475. The van der Waals surface area contributed by atoms with E-state index in [-0.39, 0.29) is 17.1 Å². The smallest absolute Gasteiger partial charge is 0.185 e. The predicted octanol–water partition coefficient (Wildman–Crippen LogP) is 4.26. The summed E-state index contributed by atoms with van der Waals surface area (Å²) in [6, 6.07) is 12.6. The van der Waals surface area contributed by atoms with Crippen molar-refractivity contribution in [2.24, 2.45) is 0 Å². The zero-order chi connectivity index (χ0) is 17.1. The number of nitriles is 1. The van der Waals surface area contributed by atoms with Gasteiger partial charge in [-0.2, -0.15) is 5.26 Å². The van der Waals surface area contributed by atoms with Gasteiger partial charge in [0.05, 0.1) is 5.56 Å². The van der Waals surface area contributed by atoms with Crippen molar-refractivity contribution < 1.29 is 9.50 Å². The normalized spacial score (nSPS) is 10.2. The second-order valence-electron chi connectivity index (χ2n) is 4.86. The monoisotopic (exact) mass is 340 g/mol. The number of hydrogen-bond acceptors (Lipinski definition) is 5. The molecule has 0 bridgehead atoms. The minimum absolute atomic E-state index is 0.0608. The molecule has 0 fully saturated rings. The second-order valence-corrected chi connectivity index (χ2v) is 5.29. The van der Waals surface area contributed by atoms with Crippen LogP contribution in [0, 0.1) is 17.1 Å². The molecule has 24 heavy (non-hydrogen) atoms. The Kier molecular flexibility index (Phi) is 4.27. The summed E-state index contributed by atoms with van der Waals surface area (Å²) in [4.78, 5) is 8.03. The largest absolute Gasteiger partial charge is 0.503 e. The molecule has 2 N–H and O–H groups in total. The molecular formula is C17H10ClFN4O. The van der Waals surface area contributed by atoms with Crippen LogP contribution in [-0.2, 0) is 0 Å². The number of nitrogens with one attached hydrogen (secondary N) is 1. The molecule has 2 aromatic carbocycles. The third-order valence-corrected chi connectivity index (χ3v) is 3.54. The minimum Gasteiger partial charge on any atom is -0.503 e. The fraction of sp³-hybridized carbons (Fsp3) is 0. The van der Waals surface area contributed by atoms with Gasteiger partial charge in [-0.25, -0.2) is 14.4 Å². The summed E-state index contributed by atoms with van der Waals surface area (Å²) in [6.45, 7) is 0. The van der Waals surface area contributed by atoms with Crippen molar-refractivity contribution in [1.29, 1.82) is 5.26 Å². The molecule has 0 aliphatic heterocycles. The van der Waals surface area contributed by atoms with Crippen molar-refractivity contribution in [1.82, 2.24) is 9.97 Å². The maximum Gasteiger partial charge on any atom is 0.185 e. The summed E-state index contributed by atoms with van der Waals surface area (Å²) in [5.41, 5.74) is 1.27. The second kappa shape index (κ2) is 6.52. The molecule has 0 spiro atoms. The lowest BCUT2D eigenvalue weighted by Gasteiger charge is -2.10. The molecule has 0 saturated carbocycles. The van der Waals surface area contributed by atoms with Crippen molar-refractivity contribution in [3.63, 3.8) is 0 Å². The van der Waals surface area contributed by atoms with Crippen molar-refractivity contribution in [3.05, 3.63) is 65.2 Å². The molecule has 1 aromatic heterocycles. The van der Waals surface area contributed by atoms with E-state index in [1.807, 2.05) is 0 Å². The van der Waals surface area contributed by atoms with Gasteiger partial charge in [-0.1, -0.05) is 23.7 Å². The first kappa shape index (κ1) is 15.7. The highest BCUT2D eigenvalue weighted by Crippen LogP contribution is 2.34. The molecule has 7 heteroatoms. The third kappa shape index (κ3) is 3.12. The van der Waals surface area contributed by atoms with Crippen LogP contribution in [0.4, 0.5) is 15.9 Å². The first-order valence-corrected chi connectivity index (χ1v) is 7.23. The number of benzene rings is 2. The van der Waals surface area contributed by atoms with Crippen molar-refractivity contribution >= 4 is 23.1 Å². The van der Waals surface area contributed by atoms with Crippen LogP contribution in [-0.4, -0.2) is 15.1 Å². The Morgan fingerprint density at radius 2 is 1.88 bits per heavy atom. The fourth-order valence-corrected chi connectivity index (χ4v) is 2.24. The first-order chi connectivity index (χ1) is 11.6. The van der Waals surface area contributed by atoms with Crippen molar-refractivity contribution in [2.75, 3.05) is 5.32 Å². The average molecular weight is 341 g/mol. The van der Waals surface area contributed by atoms with E-state index in [0.29, 0.717) is 22.0 Å². The van der Waals surface area contributed by atoms with Gasteiger partial charge in [0.2, 0.25) is 0 Å². The van der Waals surface area contributed by atoms with Crippen molar-refractivity contribution in [3.8, 4) is 23.1 Å². The third-order valence-electron chi connectivity index (χ3n) is 3.29. The number of hydrogen-bond donors (Lipinski definition) is 2. The molecule has 118 valence electrons. The van der Waals surface area contributed by atoms with E-state index in [9.17, 15) is 9.50 Å². The predicted molar refractivity (Wildman–Crippen MR) is 88.5 cm³/mol. The number of rotatable bonds is 3. The standard InChI is InChI=1S/C17H10ClFN4O/c18-12-4-1-10(2-5-12)15-16(24)17(22-9-21-15)23-13-6-3-11(8-20)14(19)7-13/h1-7,9,24H,(H,21,22,23). The SMILES string of the molecule is N#Cc1ccc(Nc2ncnc(-c3ccc(Cl)cc3)c2O)cc1F. The molecule has 0 radical (unpaired) electrons. The zero-order valence-corrected chi connectivity index (χ0v) is 12.9. The van der Waals surface area contributed by atoms with Gasteiger partial charge in [-0.3, -0.25) is 0 Å². The Balaban J connectivity index is 1.95. The Morgan fingerprint density at radius 1 is 1.12 bits per heavy atom. The quantitative estimate of drug-likeness (QED) is 0.744. The number of aromatic nitrogens is 2. The van der Waals surface area contributed by atoms with Gasteiger partial charge >= 0.3 is 0 Å². The molecule has 5 nitrogen and oxygen atoms in total. The maximum atomic E-state index is 13.7. The number of halogens is 2. The van der Waals surface area contributed by atoms with Gasteiger partial charge in [0.1, 0.15) is 23.9 Å². The number of nitrogens with zero attached hydrogens (tertiary/aromatic N) is 3. The lowest BCUT2D eigenvalue weighted by Crippen LogP contribution is -1.98. The molecule has 0 amide bonds. The minimum atomic E-state index is -0.658. The van der Waals surface area contributed by atoms with E-state index >= 15 is 0 Å². The van der Waals surface area contributed by atoms with Crippen molar-refractivity contribution in [2.45, 2.75) is 0 Å². The number of aromatic hydroxyl groups is 1. The van der Waals surface area contributed by atoms with Gasteiger partial charge in [0.25, 0.3) is 0 Å². The van der Waals surface area contributed by atoms with Gasteiger partial charge < -0.3 is 10.4 Å². The van der Waals surface area contributed by atoms with Gasteiger partial charge in [-0.05, 0) is 30.3 Å². The summed E-state index contributed by atoms with van der Waals surface area (Å²) in [5, 5.41) is 22.5. The van der Waals surface area contributed by atoms with Crippen LogP contribution < -0.4 is 5.32 Å². The zero-order valence-electron chi connectivity index (χ0n) is 12.2. The van der Waals surface area contributed by atoms with Crippen LogP contribution in [0.3, 0.4) is 0 Å². The van der Waals surface area contributed by atoms with Crippen LogP contribution in [0.1, 0.15) is 5.56 Å². The molecule has 0 unspecified atom stereocenters. The van der Waals surface area contributed by atoms with Gasteiger partial charge in [-0.15, -0.1) is 0 Å². The van der Waals surface area contributed by atoms with Crippen LogP contribution in [0.2, 0.25) is 5.02 Å². The van der Waals surface area contributed by atoms with E-state index < -0.39 is 5.82 Å². The summed E-state index contributed by atoms with van der Waals surface area (Å²) in [5.74, 6) is -0.711. The van der Waals surface area contributed by atoms with Crippen LogP contribution in [0.25, 0.3) is 11.3 Å². The Morgan fingerprint density at radius 3 is 2.54 bits per heavy atom. The number of anilines is 2.